The Morgan fingerprint density at radius 2 is 0.570 bits per heavy atom. The molecule has 0 bridgehead atoms. The molecule has 0 aromatic heterocycles. The first-order chi connectivity index (χ1) is 55.1. The summed E-state index contributed by atoms with van der Waals surface area (Å²) in [4.78, 5) is 98.4. The molecule has 3 saturated heterocycles. The van der Waals surface area contributed by atoms with Crippen LogP contribution in [0.3, 0.4) is 0 Å². The van der Waals surface area contributed by atoms with E-state index in [4.69, 9.17) is 94.7 Å². The standard InChI is InChI=1S/C72H130N8O34/c1-50(81)77-55-41-112-58(69(92)66(55)89)44-104-36-33-101-30-27-98-24-21-95-18-10-74-62(85)5-13-107-47-72(80-65(88)9-17-111-54-39-53(40-54)110-16-8-61(84)73-4,48-108-14-6-63(86)75-11-19-96-22-25-99-28-31-102-34-37-105-45-59-70(93)67(90)56(42-113-59)78-51(2)82)49-109-15-7-64(87)76-12-20-97-23-26-100-29-32-103-35-38-106-46-60-71(94)68(91)57(43-114-60)79-52(3)83/h53-60,66-71,89-94H,5-49H2,1-4H3,(H,73,84)(H,74,85)(H,75,86)(H,76,87)(H,77,81)(H,78,82)(H,79,83)(H,80,88)/t53-,54-,55-,56-,57-,58-,59-,60-,66-,67-,68-,69+,70+,71+/m1/s1. The lowest BCUT2D eigenvalue weighted by molar-refractivity contribution is -0.171. The first kappa shape index (κ1) is 101. The van der Waals surface area contributed by atoms with Crippen LogP contribution in [-0.4, -0.2) is 427 Å². The van der Waals surface area contributed by atoms with Gasteiger partial charge in [-0.1, -0.05) is 0 Å². The smallest absolute Gasteiger partial charge is 0.222 e. The minimum absolute atomic E-state index is 0.0224. The van der Waals surface area contributed by atoms with Gasteiger partial charge in [0.15, 0.2) is 0 Å². The number of nitrogens with one attached hydrogen (secondary N) is 8. The van der Waals surface area contributed by atoms with Crippen LogP contribution >= 0.6 is 0 Å². The molecular formula is C72H130N8O34. The minimum atomic E-state index is -1.41. The Balaban J connectivity index is 1.17. The SMILES string of the molecule is CNC(=O)CCO[C@H]1C[C@H](OCCC(=O)NC(COCCC(=O)NCCOCCOCCOCCOC[C@H]2OC[C@@H](NC(C)=O)[C@@H](O)[C@H]2O)(COCCC(=O)NCCOCCOCCOCCOC[C@H]2OC[C@@H](NC(C)=O)[C@@H](O)[C@H]2O)COCCC(=O)NCCOCCOCCOCCOC[C@H]2OC[C@@H](NC(C)=O)[C@@H](O)[C@H]2O)C1. The molecule has 3 heterocycles. The summed E-state index contributed by atoms with van der Waals surface area (Å²) in [6.45, 7) is 9.15. The van der Waals surface area contributed by atoms with Crippen molar-refractivity contribution in [3.8, 4) is 0 Å². The van der Waals surface area contributed by atoms with Gasteiger partial charge in [-0.15, -0.1) is 0 Å². The number of hydrogen-bond donors (Lipinski definition) is 14. The number of amides is 8. The molecule has 114 heavy (non-hydrogen) atoms. The van der Waals surface area contributed by atoms with Gasteiger partial charge in [-0.05, 0) is 12.8 Å². The molecular weight excluding hydrogens is 1520 g/mol. The molecule has 4 aliphatic rings. The van der Waals surface area contributed by atoms with Gasteiger partial charge in [0.1, 0.15) is 60.5 Å². The number of carbonyl (C=O) groups is 8. The van der Waals surface area contributed by atoms with Crippen LogP contribution in [0.2, 0.25) is 0 Å². The molecule has 8 amide bonds. The number of ether oxygens (including phenoxy) is 20. The molecule has 662 valence electrons. The van der Waals surface area contributed by atoms with E-state index in [-0.39, 0.29) is 337 Å². The Labute approximate surface area is 665 Å². The third-order valence-electron chi connectivity index (χ3n) is 17.6. The Morgan fingerprint density at radius 3 is 0.842 bits per heavy atom. The number of rotatable bonds is 69. The normalized spacial score (nSPS) is 23.6. The van der Waals surface area contributed by atoms with E-state index in [0.717, 1.165) is 0 Å². The lowest BCUT2D eigenvalue weighted by Gasteiger charge is -2.37. The maximum Gasteiger partial charge on any atom is 0.222 e. The predicted molar refractivity (Wildman–Crippen MR) is 396 cm³/mol. The van der Waals surface area contributed by atoms with E-state index in [2.05, 4.69) is 42.5 Å². The molecule has 14 N–H and O–H groups in total. The monoisotopic (exact) mass is 1650 g/mol. The van der Waals surface area contributed by atoms with Crippen molar-refractivity contribution in [2.45, 2.75) is 157 Å². The largest absolute Gasteiger partial charge is 0.388 e. The molecule has 0 radical (unpaired) electrons. The van der Waals surface area contributed by atoms with E-state index >= 15 is 0 Å². The van der Waals surface area contributed by atoms with Gasteiger partial charge in [-0.3, -0.25) is 38.4 Å². The van der Waals surface area contributed by atoms with Crippen LogP contribution in [0.15, 0.2) is 0 Å². The molecule has 42 heteroatoms. The van der Waals surface area contributed by atoms with E-state index < -0.39 is 84.5 Å². The van der Waals surface area contributed by atoms with Gasteiger partial charge < -0.3 is 168 Å². The van der Waals surface area contributed by atoms with Crippen LogP contribution in [-0.2, 0) is 133 Å². The maximum atomic E-state index is 13.9. The van der Waals surface area contributed by atoms with E-state index in [1.807, 2.05) is 0 Å². The molecule has 42 nitrogen and oxygen atoms in total. The van der Waals surface area contributed by atoms with E-state index in [0.29, 0.717) is 12.8 Å². The van der Waals surface area contributed by atoms with Crippen LogP contribution < -0.4 is 42.5 Å². The highest BCUT2D eigenvalue weighted by Crippen LogP contribution is 2.27. The van der Waals surface area contributed by atoms with Crippen molar-refractivity contribution >= 4 is 47.3 Å². The Kier molecular flexibility index (Phi) is 55.7. The molecule has 1 aliphatic carbocycles. The van der Waals surface area contributed by atoms with Crippen LogP contribution in [0.1, 0.15) is 65.7 Å². The van der Waals surface area contributed by atoms with E-state index in [9.17, 15) is 69.0 Å². The number of aliphatic hydroxyl groups is 6. The second-order valence-electron chi connectivity index (χ2n) is 27.1. The zero-order valence-corrected chi connectivity index (χ0v) is 66.5. The fourth-order valence-electron chi connectivity index (χ4n) is 11.3. The van der Waals surface area contributed by atoms with Crippen LogP contribution in [0.25, 0.3) is 0 Å². The average molecular weight is 1650 g/mol. The van der Waals surface area contributed by atoms with E-state index in [1.165, 1.54) is 20.8 Å². The van der Waals surface area contributed by atoms with Crippen molar-refractivity contribution in [1.29, 1.82) is 0 Å². The summed E-state index contributed by atoms with van der Waals surface area (Å²) < 4.78 is 113. The Bertz CT molecular complexity index is 2380. The Hall–Kier alpha value is -5.28. The number of aliphatic hydroxyl groups excluding tert-OH is 6. The molecule has 3 aliphatic heterocycles. The molecule has 0 spiro atoms. The first-order valence-corrected chi connectivity index (χ1v) is 39.1. The molecule has 0 aromatic rings. The van der Waals surface area contributed by atoms with Gasteiger partial charge >= 0.3 is 0 Å². The van der Waals surface area contributed by atoms with Gasteiger partial charge in [0.2, 0.25) is 47.3 Å². The molecule has 0 unspecified atom stereocenters. The second-order valence-corrected chi connectivity index (χ2v) is 27.1. The highest BCUT2D eigenvalue weighted by Gasteiger charge is 2.42. The quantitative estimate of drug-likeness (QED) is 0.0252. The van der Waals surface area contributed by atoms with Crippen molar-refractivity contribution in [2.24, 2.45) is 0 Å². The topological polar surface area (TPSA) is 539 Å². The van der Waals surface area contributed by atoms with Crippen molar-refractivity contribution in [3.05, 3.63) is 0 Å². The second kappa shape index (κ2) is 62.8. The highest BCUT2D eigenvalue weighted by molar-refractivity contribution is 5.78. The number of carbonyl (C=O) groups excluding carboxylic acids is 8. The summed E-state index contributed by atoms with van der Waals surface area (Å²) in [5.41, 5.74) is -1.41. The van der Waals surface area contributed by atoms with Gasteiger partial charge in [0.25, 0.3) is 0 Å². The highest BCUT2D eigenvalue weighted by atomic mass is 16.6. The lowest BCUT2D eigenvalue weighted by atomic mass is 9.92. The van der Waals surface area contributed by atoms with Gasteiger partial charge in [-0.2, -0.15) is 0 Å². The summed E-state index contributed by atoms with van der Waals surface area (Å²) in [5, 5.41) is 83.4. The molecule has 4 rings (SSSR count). The third-order valence-corrected chi connectivity index (χ3v) is 17.6. The Morgan fingerprint density at radius 1 is 0.316 bits per heavy atom. The molecule has 12 atom stereocenters. The van der Waals surface area contributed by atoms with Crippen molar-refractivity contribution in [2.75, 3.05) is 258 Å². The van der Waals surface area contributed by atoms with Crippen LogP contribution in [0, 0.1) is 0 Å². The summed E-state index contributed by atoms with van der Waals surface area (Å²) in [6, 6.07) is -2.15. The zero-order valence-electron chi connectivity index (χ0n) is 66.5. The molecule has 0 aromatic carbocycles. The predicted octanol–water partition coefficient (Wildman–Crippen LogP) is -7.42. The van der Waals surface area contributed by atoms with Crippen molar-refractivity contribution in [1.82, 2.24) is 42.5 Å². The zero-order chi connectivity index (χ0) is 82.8. The van der Waals surface area contributed by atoms with Gasteiger partial charge in [0.05, 0.1) is 262 Å². The summed E-state index contributed by atoms with van der Waals surface area (Å²) in [6.07, 6.45) is -8.71. The summed E-state index contributed by atoms with van der Waals surface area (Å²) in [7, 11) is 1.55. The van der Waals surface area contributed by atoms with Crippen molar-refractivity contribution < 1.29 is 164 Å². The minimum Gasteiger partial charge on any atom is -0.388 e. The van der Waals surface area contributed by atoms with E-state index in [1.54, 1.807) is 7.05 Å². The third kappa shape index (κ3) is 46.8. The van der Waals surface area contributed by atoms with Crippen LogP contribution in [0.4, 0.5) is 0 Å². The molecule has 4 fully saturated rings. The average Bonchev–Trinajstić information content (AvgIpc) is 0.845. The fraction of sp³-hybridized carbons (Fsp3) is 0.889. The lowest BCUT2D eigenvalue weighted by Crippen LogP contribution is -2.59. The molecule has 1 saturated carbocycles. The number of hydrogen-bond acceptors (Lipinski definition) is 34. The van der Waals surface area contributed by atoms with Crippen LogP contribution in [0.5, 0.6) is 0 Å². The summed E-state index contributed by atoms with van der Waals surface area (Å²) >= 11 is 0. The van der Waals surface area contributed by atoms with Gasteiger partial charge in [-0.25, -0.2) is 0 Å². The first-order valence-electron chi connectivity index (χ1n) is 39.1. The fourth-order valence-corrected chi connectivity index (χ4v) is 11.3. The van der Waals surface area contributed by atoms with Crippen molar-refractivity contribution in [3.63, 3.8) is 0 Å². The maximum absolute atomic E-state index is 13.9. The van der Waals surface area contributed by atoms with Gasteiger partial charge in [0, 0.05) is 79.6 Å². The summed E-state index contributed by atoms with van der Waals surface area (Å²) in [5.74, 6) is -2.66.